The molecule has 4 aliphatic heterocycles. The first-order chi connectivity index (χ1) is 66.8. The summed E-state index contributed by atoms with van der Waals surface area (Å²) in [5.74, 6) is 3.81. The van der Waals surface area contributed by atoms with Gasteiger partial charge in [-0.15, -0.1) is 70.1 Å². The minimum Gasteiger partial charge on any atom is -0.397 e. The number of imidazole rings is 1. The van der Waals surface area contributed by atoms with Crippen molar-refractivity contribution in [2.75, 3.05) is 67.6 Å². The maximum absolute atomic E-state index is 7.57. The van der Waals surface area contributed by atoms with Gasteiger partial charge in [0.15, 0.2) is 0 Å². The zero-order chi connectivity index (χ0) is 102. The Morgan fingerprint density at radius 1 is 0.333 bits per heavy atom. The van der Waals surface area contributed by atoms with Crippen molar-refractivity contribution in [1.29, 1.82) is 0 Å². The number of thiophene rings is 1. The van der Waals surface area contributed by atoms with Crippen molar-refractivity contribution in [3.63, 3.8) is 0 Å². The van der Waals surface area contributed by atoms with E-state index in [9.17, 15) is 0 Å². The van der Waals surface area contributed by atoms with Crippen LogP contribution in [-0.2, 0) is 26.9 Å². The van der Waals surface area contributed by atoms with Crippen molar-refractivity contribution in [2.24, 2.45) is 14.1 Å². The third-order valence-electron chi connectivity index (χ3n) is 19.6. The van der Waals surface area contributed by atoms with E-state index in [2.05, 4.69) is 377 Å². The smallest absolute Gasteiger partial charge is 0.0931 e. The van der Waals surface area contributed by atoms with Gasteiger partial charge in [-0.2, -0.15) is 0 Å². The maximum Gasteiger partial charge on any atom is 0.0931 e. The molecule has 0 amide bonds. The van der Waals surface area contributed by atoms with Crippen molar-refractivity contribution >= 4 is 119 Å². The number of H-pyrrole nitrogens is 1. The van der Waals surface area contributed by atoms with E-state index in [4.69, 9.17) is 15.3 Å². The van der Waals surface area contributed by atoms with Gasteiger partial charge in [-0.1, -0.05) is 317 Å². The van der Waals surface area contributed by atoms with Crippen LogP contribution in [0.4, 0.5) is 5.69 Å². The summed E-state index contributed by atoms with van der Waals surface area (Å²) in [6.07, 6.45) is 9.67. The summed E-state index contributed by atoms with van der Waals surface area (Å²) < 4.78 is 5.66. The number of aliphatic hydroxyl groups is 3. The van der Waals surface area contributed by atoms with E-state index in [-0.39, 0.29) is 19.8 Å². The second-order valence-electron chi connectivity index (χ2n) is 31.7. The van der Waals surface area contributed by atoms with E-state index in [0.29, 0.717) is 0 Å². The molecule has 0 spiro atoms. The lowest BCUT2D eigenvalue weighted by Gasteiger charge is -2.17. The Morgan fingerprint density at radius 3 is 1.19 bits per heavy atom. The number of hydrogen-bond donors (Lipinski definition) is 6. The van der Waals surface area contributed by atoms with E-state index in [1.54, 1.807) is 44.0 Å². The molecule has 0 atom stereocenters. The number of thioether (sulfide) groups is 5. The molecule has 21 rings (SSSR count). The Kier molecular flexibility index (Phi) is 69.6. The summed E-state index contributed by atoms with van der Waals surface area (Å²) in [5.41, 5.74) is 26.5. The fraction of sp³-hybridized carbons (Fsp3) is 0.309. The molecule has 0 aliphatic carbocycles. The molecule has 740 valence electrons. The van der Waals surface area contributed by atoms with Crippen LogP contribution in [0.2, 0.25) is 0 Å². The van der Waals surface area contributed by atoms with E-state index < -0.39 is 0 Å². The van der Waals surface area contributed by atoms with Gasteiger partial charge in [0.2, 0.25) is 0 Å². The molecular weight excluding hydrogens is 1800 g/mol. The first-order valence-corrected chi connectivity index (χ1v) is 54.4. The third-order valence-corrected chi connectivity index (χ3v) is 26.5. The van der Waals surface area contributed by atoms with Crippen LogP contribution >= 0.6 is 70.1 Å². The Bertz CT molecular complexity index is 5490. The number of rotatable bonds is 1. The van der Waals surface area contributed by atoms with Crippen LogP contribution in [0.15, 0.2) is 364 Å². The fourth-order valence-electron chi connectivity index (χ4n) is 12.6. The molecule has 0 saturated carbocycles. The highest BCUT2D eigenvalue weighted by atomic mass is 32.2. The number of fused-ring (bicyclic) bond motifs is 8. The van der Waals surface area contributed by atoms with Gasteiger partial charge < -0.3 is 40.1 Å². The molecule has 8 heterocycles. The normalized spacial score (nSPS) is 10.9. The van der Waals surface area contributed by atoms with Crippen LogP contribution < -0.4 is 10.6 Å². The first kappa shape index (κ1) is 124. The van der Waals surface area contributed by atoms with Gasteiger partial charge >= 0.3 is 0 Å². The van der Waals surface area contributed by atoms with Crippen LogP contribution in [0.25, 0.3) is 42.9 Å². The van der Waals surface area contributed by atoms with Gasteiger partial charge in [0, 0.05) is 121 Å². The van der Waals surface area contributed by atoms with Gasteiger partial charge in [-0.3, -0.25) is 0 Å². The number of anilines is 1. The summed E-state index contributed by atoms with van der Waals surface area (Å²) in [6.45, 7) is 49.5. The third kappa shape index (κ3) is 53.8. The van der Waals surface area contributed by atoms with Gasteiger partial charge in [-0.05, 0) is 295 Å². The highest BCUT2D eigenvalue weighted by Gasteiger charge is 2.13. The predicted molar refractivity (Wildman–Crippen MR) is 625 cm³/mol. The number of aromatic nitrogens is 4. The zero-order valence-corrected chi connectivity index (χ0v) is 92.8. The van der Waals surface area contributed by atoms with E-state index in [0.717, 1.165) is 24.1 Å². The van der Waals surface area contributed by atoms with Gasteiger partial charge in [-0.25, -0.2) is 4.98 Å². The van der Waals surface area contributed by atoms with Crippen LogP contribution in [0.5, 0.6) is 0 Å². The molecule has 17 aromatic rings. The molecular formula is C123H164N6O3S6. The quantitative estimate of drug-likeness (QED) is 0.0942. The molecule has 138 heavy (non-hydrogen) atoms. The van der Waals surface area contributed by atoms with Crippen molar-refractivity contribution in [1.82, 2.24) is 24.4 Å². The Morgan fingerprint density at radius 2 is 0.703 bits per heavy atom. The second-order valence-corrected chi connectivity index (χ2v) is 38.5. The highest BCUT2D eigenvalue weighted by molar-refractivity contribution is 8.18. The summed E-state index contributed by atoms with van der Waals surface area (Å²) in [5, 5.41) is 36.4. The standard InChI is InChI=1S/2C10H11N.C10H13N.C9H10S2.C9H10S.C9H8S.C8H8N2.C8H8S2.5C7H8.C3H9N.3C2H6O.3C2H6/c1-8-3-4-10-9(7-8)5-6-11(10)2;1-8-3-4-9-5-6-11(2)10(9)7-8;1-8-4-5-10-9(7-8)3-2-6-11-10;1-7-2-3-8-9(6-7)11-5-4-10-8;1-7-2-3-9-8(6-7)4-5-10-9;1-7-2-3-8-4-5-10-9(8)6-7;2*1-6-2-3-7-8(4-6)10-5-9-7;5*1-7-5-3-2-4-6-7;1-3-4-2;3*1-2-3;3*1-2/h2*3-7H,1-2H3;4-5,7,11H,2-3,6H2,1H3;2-3,6H,4-5H2,1H3;2-3,6H,4-5H2,1H3;2-6H,1H3;2-5H,1H3,(H,9,10);2-4H,5H2,1H3;5*2-6H,1H3;4H,3H2,1-2H3;3*3H,2H2,1H3;3*1-2H3. The van der Waals surface area contributed by atoms with Gasteiger partial charge in [0.25, 0.3) is 0 Å². The average molecular weight is 1970 g/mol. The van der Waals surface area contributed by atoms with Crippen LogP contribution in [0.1, 0.15) is 159 Å². The fourth-order valence-corrected chi connectivity index (χ4v) is 19.3. The van der Waals surface area contributed by atoms with E-state index in [1.807, 2.05) is 204 Å². The zero-order valence-electron chi connectivity index (χ0n) is 87.9. The predicted octanol–water partition coefficient (Wildman–Crippen LogP) is 34.7. The largest absolute Gasteiger partial charge is 0.397 e. The molecule has 0 unspecified atom stereocenters. The lowest BCUT2D eigenvalue weighted by Crippen LogP contribution is -2.11. The van der Waals surface area contributed by atoms with Crippen molar-refractivity contribution in [3.8, 4) is 0 Å². The molecule has 0 saturated heterocycles. The number of aryl methyl sites for hydroxylation is 17. The van der Waals surface area contributed by atoms with Crippen LogP contribution in [-0.4, -0.2) is 96.7 Å². The van der Waals surface area contributed by atoms with Crippen molar-refractivity contribution < 1.29 is 15.3 Å². The molecule has 6 N–H and O–H groups in total. The second kappa shape index (κ2) is 77.6. The first-order valence-electron chi connectivity index (χ1n) is 48.5. The van der Waals surface area contributed by atoms with Crippen molar-refractivity contribution in [2.45, 2.75) is 203 Å². The lowest BCUT2D eigenvalue weighted by molar-refractivity contribution is 0.318. The molecule has 0 fully saturated rings. The summed E-state index contributed by atoms with van der Waals surface area (Å²) in [6, 6.07) is 110. The number of benzene rings is 13. The molecule has 4 aromatic heterocycles. The minimum absolute atomic E-state index is 0.250. The maximum atomic E-state index is 7.57. The Balaban J connectivity index is 0.000000499. The molecule has 15 heteroatoms. The topological polar surface area (TPSA) is 123 Å². The molecule has 0 radical (unpaired) electrons. The van der Waals surface area contributed by atoms with Crippen LogP contribution in [0, 0.1) is 90.0 Å². The van der Waals surface area contributed by atoms with Gasteiger partial charge in [0.1, 0.15) is 0 Å². The number of nitrogens with one attached hydrogen (secondary N) is 3. The van der Waals surface area contributed by atoms with Gasteiger partial charge in [0.05, 0.1) is 17.4 Å². The van der Waals surface area contributed by atoms with E-state index >= 15 is 0 Å². The number of nitrogens with zero attached hydrogens (tertiary/aromatic N) is 3. The summed E-state index contributed by atoms with van der Waals surface area (Å²) in [7, 11) is 6.07. The Hall–Kier alpha value is -10.2. The Labute approximate surface area is 859 Å². The monoisotopic (exact) mass is 1970 g/mol. The van der Waals surface area contributed by atoms with Crippen LogP contribution in [0.3, 0.4) is 0 Å². The average Bonchev–Trinajstić information content (AvgIpc) is 1.72. The number of hydrogen-bond acceptors (Lipinski definition) is 12. The molecule has 9 nitrogen and oxygen atoms in total. The summed E-state index contributed by atoms with van der Waals surface area (Å²) in [4.78, 5) is 14.5. The molecule has 13 aromatic carbocycles. The molecule has 4 aliphatic rings. The number of aliphatic hydroxyl groups excluding tert-OH is 3. The highest BCUT2D eigenvalue weighted by Crippen LogP contribution is 2.42. The minimum atomic E-state index is 0.250. The van der Waals surface area contributed by atoms with E-state index in [1.165, 1.54) is 182 Å². The SMILES string of the molecule is CC.CC.CC.CCNC.CCO.CCO.CCO.Cc1ccc2c(c1)CCCN2.Cc1ccc2c(c1)CCS2.Cc1ccc2c(c1)SCCS2.Cc1ccc2c(c1)SCS2.Cc1ccc2c(ccn2C)c1.Cc1ccc2ccn(C)c2c1.Cc1ccc2ccsc2c1.Cc1ccc2nc[nH]c2c1.Cc1ccccc1.Cc1ccccc1.Cc1ccccc1.Cc1ccccc1.Cc1ccccc1. The molecule has 0 bridgehead atoms. The van der Waals surface area contributed by atoms with Crippen molar-refractivity contribution in [3.05, 3.63) is 423 Å². The summed E-state index contributed by atoms with van der Waals surface area (Å²) >= 11 is 11.6. The number of aromatic amines is 1. The lowest BCUT2D eigenvalue weighted by atomic mass is 10.0.